The molecule has 0 radical (unpaired) electrons. The second-order valence-corrected chi connectivity index (χ2v) is 8.73. The van der Waals surface area contributed by atoms with Gasteiger partial charge in [0.05, 0.1) is 12.8 Å². The quantitative estimate of drug-likeness (QED) is 0.630. The van der Waals surface area contributed by atoms with Gasteiger partial charge in [0.25, 0.3) is 5.91 Å². The summed E-state index contributed by atoms with van der Waals surface area (Å²) in [5, 5.41) is 13.7. The first-order valence-corrected chi connectivity index (χ1v) is 11.1. The number of aliphatic imine (C=N–C) groups is 1. The summed E-state index contributed by atoms with van der Waals surface area (Å²) >= 11 is 1.40. The second kappa shape index (κ2) is 8.44. The van der Waals surface area contributed by atoms with Gasteiger partial charge < -0.3 is 10.1 Å². The van der Waals surface area contributed by atoms with Crippen LogP contribution in [0.1, 0.15) is 34.1 Å². The van der Waals surface area contributed by atoms with Crippen LogP contribution in [0.25, 0.3) is 0 Å². The van der Waals surface area contributed by atoms with E-state index >= 15 is 0 Å². The number of ether oxygens (including phenoxy) is 1. The standard InChI is InChI=1S/C22H19F2N5O2S/c23-15-6-7-16(17(24)9-15)22-12-31-19(18-10-25-29-28-18)8-14(22)11-32-21(27-22)26-20(30)13-4-2-1-3-5-13/h1-7,9-10,14,19H,8,11-12H2,(H,25,28,29)(H,26,27,30)/t14-,19+,22-/m0/s1. The van der Waals surface area contributed by atoms with Gasteiger partial charge in [0, 0.05) is 28.9 Å². The monoisotopic (exact) mass is 455 g/mol. The summed E-state index contributed by atoms with van der Waals surface area (Å²) in [5.41, 5.74) is 0.304. The number of amides is 1. The maximum atomic E-state index is 14.9. The van der Waals surface area contributed by atoms with Crippen molar-refractivity contribution in [3.63, 3.8) is 0 Å². The van der Waals surface area contributed by atoms with Crippen LogP contribution >= 0.6 is 11.8 Å². The normalized spacial score (nSPS) is 25.0. The lowest BCUT2D eigenvalue weighted by molar-refractivity contribution is -0.0607. The first kappa shape index (κ1) is 20.8. The molecule has 7 nitrogen and oxygen atoms in total. The fourth-order valence-corrected chi connectivity index (χ4v) is 5.35. The van der Waals surface area contributed by atoms with Gasteiger partial charge in [0.15, 0.2) is 5.17 Å². The number of carbonyl (C=O) groups is 1. The number of nitrogens with zero attached hydrogens (tertiary/aromatic N) is 3. The molecule has 0 spiro atoms. The predicted octanol–water partition coefficient (Wildman–Crippen LogP) is 3.59. The van der Waals surface area contributed by atoms with Gasteiger partial charge >= 0.3 is 0 Å². The predicted molar refractivity (Wildman–Crippen MR) is 115 cm³/mol. The van der Waals surface area contributed by atoms with Crippen molar-refractivity contribution in [1.29, 1.82) is 0 Å². The zero-order valence-electron chi connectivity index (χ0n) is 16.8. The van der Waals surface area contributed by atoms with E-state index in [1.54, 1.807) is 30.5 Å². The molecule has 2 aliphatic rings. The Kier molecular flexibility index (Phi) is 5.48. The third kappa shape index (κ3) is 3.80. The molecule has 1 fully saturated rings. The van der Waals surface area contributed by atoms with Crippen molar-refractivity contribution in [2.45, 2.75) is 18.1 Å². The number of fused-ring (bicyclic) bond motifs is 1. The SMILES string of the molecule is O=C(NC1=N[C@@]2(c3ccc(F)cc3F)CO[C@@H](c3cn[nH]n3)C[C@H]2CS1)c1ccccc1. The van der Waals surface area contributed by atoms with Crippen LogP contribution in [-0.2, 0) is 10.3 Å². The Morgan fingerprint density at radius 2 is 2.06 bits per heavy atom. The number of halogens is 2. The van der Waals surface area contributed by atoms with Gasteiger partial charge in [-0.15, -0.1) is 0 Å². The van der Waals surface area contributed by atoms with E-state index in [0.29, 0.717) is 28.6 Å². The van der Waals surface area contributed by atoms with Crippen LogP contribution in [0.5, 0.6) is 0 Å². The third-order valence-corrected chi connectivity index (χ3v) is 6.85. The minimum atomic E-state index is -1.09. The van der Waals surface area contributed by atoms with Gasteiger partial charge in [-0.3, -0.25) is 4.79 Å². The highest BCUT2D eigenvalue weighted by atomic mass is 32.2. The van der Waals surface area contributed by atoms with Crippen LogP contribution in [0.2, 0.25) is 0 Å². The molecule has 32 heavy (non-hydrogen) atoms. The molecule has 3 aromatic rings. The van der Waals surface area contributed by atoms with Crippen molar-refractivity contribution in [1.82, 2.24) is 20.7 Å². The summed E-state index contributed by atoms with van der Waals surface area (Å²) in [5.74, 6) is -1.21. The highest BCUT2D eigenvalue weighted by molar-refractivity contribution is 8.13. The molecule has 0 bridgehead atoms. The molecular formula is C22H19F2N5O2S. The highest BCUT2D eigenvalue weighted by Gasteiger charge is 2.50. The zero-order valence-corrected chi connectivity index (χ0v) is 17.6. The topological polar surface area (TPSA) is 92.3 Å². The van der Waals surface area contributed by atoms with E-state index in [2.05, 4.69) is 20.7 Å². The summed E-state index contributed by atoms with van der Waals surface area (Å²) in [4.78, 5) is 17.4. The molecule has 2 aromatic carbocycles. The first-order valence-electron chi connectivity index (χ1n) is 10.1. The van der Waals surface area contributed by atoms with E-state index in [9.17, 15) is 13.6 Å². The Balaban J connectivity index is 1.50. The Morgan fingerprint density at radius 3 is 2.81 bits per heavy atom. The molecule has 1 amide bonds. The van der Waals surface area contributed by atoms with Crippen molar-refractivity contribution >= 4 is 22.8 Å². The van der Waals surface area contributed by atoms with E-state index in [0.717, 1.165) is 6.07 Å². The first-order chi connectivity index (χ1) is 15.5. The van der Waals surface area contributed by atoms with Gasteiger partial charge in [-0.25, -0.2) is 13.8 Å². The largest absolute Gasteiger partial charge is 0.369 e. The van der Waals surface area contributed by atoms with Crippen molar-refractivity contribution in [3.05, 3.63) is 83.2 Å². The summed E-state index contributed by atoms with van der Waals surface area (Å²) in [7, 11) is 0. The second-order valence-electron chi connectivity index (χ2n) is 7.72. The molecule has 2 N–H and O–H groups in total. The number of thioether (sulfide) groups is 1. The van der Waals surface area contributed by atoms with Crippen molar-refractivity contribution in [3.8, 4) is 0 Å². The van der Waals surface area contributed by atoms with Crippen LogP contribution in [0.15, 0.2) is 59.7 Å². The molecule has 164 valence electrons. The summed E-state index contributed by atoms with van der Waals surface area (Å²) < 4.78 is 34.6. The van der Waals surface area contributed by atoms with Crippen molar-refractivity contribution < 1.29 is 18.3 Å². The molecule has 0 saturated carbocycles. The van der Waals surface area contributed by atoms with Crippen LogP contribution in [-0.4, -0.2) is 38.8 Å². The summed E-state index contributed by atoms with van der Waals surface area (Å²) in [6, 6.07) is 12.3. The maximum Gasteiger partial charge on any atom is 0.257 e. The number of aromatic amines is 1. The van der Waals surface area contributed by atoms with Gasteiger partial charge in [-0.2, -0.15) is 15.4 Å². The molecule has 0 aliphatic carbocycles. The molecule has 3 atom stereocenters. The molecule has 3 heterocycles. The average molecular weight is 455 g/mol. The Hall–Kier alpha value is -3.11. The van der Waals surface area contributed by atoms with Crippen LogP contribution in [0.4, 0.5) is 8.78 Å². The van der Waals surface area contributed by atoms with Gasteiger partial charge in [0.1, 0.15) is 29.0 Å². The van der Waals surface area contributed by atoms with Crippen LogP contribution < -0.4 is 5.32 Å². The minimum absolute atomic E-state index is 0.0585. The molecule has 2 aliphatic heterocycles. The molecule has 1 saturated heterocycles. The minimum Gasteiger partial charge on any atom is -0.369 e. The zero-order chi connectivity index (χ0) is 22.1. The average Bonchev–Trinajstić information content (AvgIpc) is 3.34. The van der Waals surface area contributed by atoms with Gasteiger partial charge in [0.2, 0.25) is 0 Å². The molecule has 10 heteroatoms. The van der Waals surface area contributed by atoms with Crippen molar-refractivity contribution in [2.24, 2.45) is 10.9 Å². The number of amidine groups is 1. The lowest BCUT2D eigenvalue weighted by Crippen LogP contribution is -2.49. The van der Waals surface area contributed by atoms with E-state index in [-0.39, 0.29) is 30.1 Å². The van der Waals surface area contributed by atoms with E-state index in [1.165, 1.54) is 23.9 Å². The fraction of sp³-hybridized carbons (Fsp3) is 0.273. The number of aromatic nitrogens is 3. The lowest BCUT2D eigenvalue weighted by atomic mass is 9.74. The number of benzene rings is 2. The number of hydrogen-bond acceptors (Lipinski definition) is 6. The highest BCUT2D eigenvalue weighted by Crippen LogP contribution is 2.49. The van der Waals surface area contributed by atoms with E-state index in [4.69, 9.17) is 9.73 Å². The summed E-state index contributed by atoms with van der Waals surface area (Å²) in [6.07, 6.45) is 1.81. The number of H-pyrrole nitrogens is 1. The van der Waals surface area contributed by atoms with Crippen LogP contribution in [0.3, 0.4) is 0 Å². The Morgan fingerprint density at radius 1 is 1.22 bits per heavy atom. The number of hydrogen-bond donors (Lipinski definition) is 2. The molecular weight excluding hydrogens is 436 g/mol. The molecule has 0 unspecified atom stereocenters. The van der Waals surface area contributed by atoms with Gasteiger partial charge in [-0.05, 0) is 24.6 Å². The summed E-state index contributed by atoms with van der Waals surface area (Å²) in [6.45, 7) is 0.0585. The third-order valence-electron chi connectivity index (χ3n) is 5.82. The Bertz CT molecular complexity index is 1160. The van der Waals surface area contributed by atoms with Gasteiger partial charge in [-0.1, -0.05) is 36.0 Å². The molecule has 1 aromatic heterocycles. The number of carbonyl (C=O) groups excluding carboxylic acids is 1. The number of nitrogens with one attached hydrogen (secondary N) is 2. The number of rotatable bonds is 3. The van der Waals surface area contributed by atoms with Crippen LogP contribution in [0, 0.1) is 17.6 Å². The Labute approximate surface area is 186 Å². The fourth-order valence-electron chi connectivity index (χ4n) is 4.18. The van der Waals surface area contributed by atoms with E-state index in [1.807, 2.05) is 6.07 Å². The lowest BCUT2D eigenvalue weighted by Gasteiger charge is -2.46. The van der Waals surface area contributed by atoms with Crippen molar-refractivity contribution in [2.75, 3.05) is 12.4 Å². The van der Waals surface area contributed by atoms with E-state index < -0.39 is 17.2 Å². The molecule has 5 rings (SSSR count). The maximum absolute atomic E-state index is 14.9. The smallest absolute Gasteiger partial charge is 0.257 e.